The van der Waals surface area contributed by atoms with E-state index in [4.69, 9.17) is 4.98 Å². The molecule has 1 N–H and O–H groups in total. The molecule has 16 aromatic rings. The molecule has 0 bridgehead atoms. The van der Waals surface area contributed by atoms with Crippen LogP contribution in [0.5, 0.6) is 0 Å². The normalized spacial score (nSPS) is 11.2. The van der Waals surface area contributed by atoms with Crippen molar-refractivity contribution in [3.63, 3.8) is 0 Å². The van der Waals surface area contributed by atoms with Gasteiger partial charge in [-0.3, -0.25) is 0 Å². The molecule has 0 unspecified atom stereocenters. The van der Waals surface area contributed by atoms with E-state index in [-0.39, 0.29) is 0 Å². The van der Waals surface area contributed by atoms with Crippen molar-refractivity contribution in [2.75, 3.05) is 10.2 Å². The summed E-state index contributed by atoms with van der Waals surface area (Å²) in [6, 6.07) is 102. The predicted molar refractivity (Wildman–Crippen MR) is 348 cm³/mol. The van der Waals surface area contributed by atoms with Crippen LogP contribution in [0.1, 0.15) is 0 Å². The molecule has 6 heterocycles. The van der Waals surface area contributed by atoms with E-state index in [2.05, 4.69) is 275 Å². The van der Waals surface area contributed by atoms with Crippen molar-refractivity contribution >= 4 is 99.3 Å². The van der Waals surface area contributed by atoms with Crippen molar-refractivity contribution in [1.82, 2.24) is 27.9 Å². The molecule has 0 saturated carbocycles. The van der Waals surface area contributed by atoms with Crippen molar-refractivity contribution in [3.05, 3.63) is 320 Å². The van der Waals surface area contributed by atoms with E-state index in [1.165, 1.54) is 49.3 Å². The Balaban J connectivity index is 0.000000124. The number of rotatable bonds is 9. The van der Waals surface area contributed by atoms with Gasteiger partial charge in [0.1, 0.15) is 11.3 Å². The number of hydrogen-bond donors (Lipinski definition) is 1. The van der Waals surface area contributed by atoms with E-state index in [1.807, 2.05) is 89.7 Å². The molecule has 10 aromatic carbocycles. The number of fused-ring (bicyclic) bond motifs is 8. The number of halogens is 1. The number of imidazole rings is 2. The van der Waals surface area contributed by atoms with Crippen LogP contribution in [-0.4, -0.2) is 27.9 Å². The van der Waals surface area contributed by atoms with E-state index in [0.29, 0.717) is 0 Å². The van der Waals surface area contributed by atoms with Crippen LogP contribution < -0.4 is 10.2 Å². The van der Waals surface area contributed by atoms with Crippen molar-refractivity contribution < 1.29 is 0 Å². The molecule has 0 fully saturated rings. The second kappa shape index (κ2) is 22.4. The van der Waals surface area contributed by atoms with Crippen LogP contribution in [0, 0.1) is 0 Å². The van der Waals surface area contributed by atoms with Gasteiger partial charge in [-0.2, -0.15) is 0 Å². The smallest absolute Gasteiger partial charge is 0.137 e. The number of pyridine rings is 2. The molecule has 83 heavy (non-hydrogen) atoms. The Bertz CT molecular complexity index is 4810. The summed E-state index contributed by atoms with van der Waals surface area (Å²) in [6.45, 7) is 0. The zero-order chi connectivity index (χ0) is 55.5. The molecule has 8 nitrogen and oxygen atoms in total. The number of anilines is 5. The van der Waals surface area contributed by atoms with Gasteiger partial charge >= 0.3 is 0 Å². The highest BCUT2D eigenvalue weighted by Gasteiger charge is 2.18. The predicted octanol–water partition coefficient (Wildman–Crippen LogP) is 19.9. The maximum atomic E-state index is 4.81. The Kier molecular flexibility index (Phi) is 13.6. The van der Waals surface area contributed by atoms with Gasteiger partial charge in [-0.1, -0.05) is 162 Å². The highest BCUT2D eigenvalue weighted by molar-refractivity contribution is 9.10. The average Bonchev–Trinajstić information content (AvgIpc) is 4.45. The van der Waals surface area contributed by atoms with Gasteiger partial charge in [0.25, 0.3) is 0 Å². The summed E-state index contributed by atoms with van der Waals surface area (Å²) < 4.78 is 9.85. The van der Waals surface area contributed by atoms with Crippen LogP contribution in [0.2, 0.25) is 0 Å². The first kappa shape index (κ1) is 50.5. The molecule has 9 heteroatoms. The van der Waals surface area contributed by atoms with Gasteiger partial charge in [0.2, 0.25) is 0 Å². The highest BCUT2D eigenvalue weighted by atomic mass is 79.9. The molecule has 0 amide bonds. The Labute approximate surface area is 488 Å². The zero-order valence-corrected chi connectivity index (χ0v) is 46.6. The van der Waals surface area contributed by atoms with Crippen LogP contribution in [0.4, 0.5) is 28.4 Å². The van der Waals surface area contributed by atoms with Crippen molar-refractivity contribution in [1.29, 1.82) is 0 Å². The van der Waals surface area contributed by atoms with E-state index < -0.39 is 0 Å². The quantitative estimate of drug-likeness (QED) is 0.156. The SMILES string of the molecule is Brc1ccc(-c2cn3ccccc3n2)cc1.c1ccc(N(c2ccc(-c3cn4ccccc4n3)cc2)c2ccc3c(c2)c2ccccc2n3-c2ccccc2)cc1.c1ccc(Nc2ccc3c(c2)c2ccccc2n3-c2ccccc2)cc1. The van der Waals surface area contributed by atoms with Gasteiger partial charge in [0.15, 0.2) is 0 Å². The number of benzene rings is 10. The van der Waals surface area contributed by atoms with Crippen molar-refractivity contribution in [2.45, 2.75) is 0 Å². The maximum Gasteiger partial charge on any atom is 0.137 e. The molecule has 0 atom stereocenters. The Hall–Kier alpha value is -10.7. The minimum absolute atomic E-state index is 0.945. The lowest BCUT2D eigenvalue weighted by molar-refractivity contribution is 1.18. The Morgan fingerprint density at radius 2 is 0.747 bits per heavy atom. The van der Waals surface area contributed by atoms with Gasteiger partial charge in [-0.05, 0) is 146 Å². The fourth-order valence-electron chi connectivity index (χ4n) is 11.1. The van der Waals surface area contributed by atoms with E-state index in [1.54, 1.807) is 0 Å². The third-order valence-corrected chi connectivity index (χ3v) is 15.5. The minimum atomic E-state index is 0.945. The van der Waals surface area contributed by atoms with E-state index >= 15 is 0 Å². The molecular formula is C74H53BrN8. The van der Waals surface area contributed by atoms with Crippen LogP contribution in [0.3, 0.4) is 0 Å². The third kappa shape index (κ3) is 10.2. The topological polar surface area (TPSA) is 59.7 Å². The summed E-state index contributed by atoms with van der Waals surface area (Å²) in [5.74, 6) is 0. The molecule has 0 radical (unpaired) electrons. The summed E-state index contributed by atoms with van der Waals surface area (Å²) >= 11 is 3.43. The molecule has 0 spiro atoms. The van der Waals surface area contributed by atoms with Crippen molar-refractivity contribution in [2.24, 2.45) is 0 Å². The first-order valence-electron chi connectivity index (χ1n) is 27.6. The summed E-state index contributed by atoms with van der Waals surface area (Å²) in [6.07, 6.45) is 8.15. The number of nitrogens with zero attached hydrogens (tertiary/aromatic N) is 7. The van der Waals surface area contributed by atoms with Crippen LogP contribution in [0.25, 0.3) is 88.8 Å². The third-order valence-electron chi connectivity index (χ3n) is 15.0. The number of hydrogen-bond acceptors (Lipinski definition) is 4. The monoisotopic (exact) mass is 1130 g/mol. The Morgan fingerprint density at radius 3 is 1.29 bits per heavy atom. The van der Waals surface area contributed by atoms with Crippen LogP contribution in [0.15, 0.2) is 320 Å². The lowest BCUT2D eigenvalue weighted by atomic mass is 10.1. The fourth-order valence-corrected chi connectivity index (χ4v) is 11.4. The lowest BCUT2D eigenvalue weighted by Crippen LogP contribution is -2.09. The molecular weight excluding hydrogens is 1080 g/mol. The van der Waals surface area contributed by atoms with E-state index in [0.717, 1.165) is 72.4 Å². The van der Waals surface area contributed by atoms with E-state index in [9.17, 15) is 0 Å². The average molecular weight is 1130 g/mol. The van der Waals surface area contributed by atoms with Gasteiger partial charge in [0, 0.05) is 102 Å². The van der Waals surface area contributed by atoms with Crippen LogP contribution >= 0.6 is 15.9 Å². The van der Waals surface area contributed by atoms with Gasteiger partial charge in [-0.25, -0.2) is 9.97 Å². The maximum absolute atomic E-state index is 4.81. The fraction of sp³-hybridized carbons (Fsp3) is 0. The first-order chi connectivity index (χ1) is 41.1. The van der Waals surface area contributed by atoms with Gasteiger partial charge in [-0.15, -0.1) is 0 Å². The first-order valence-corrected chi connectivity index (χ1v) is 28.4. The summed E-state index contributed by atoms with van der Waals surface area (Å²) in [5, 5.41) is 8.49. The Morgan fingerprint density at radius 1 is 0.325 bits per heavy atom. The summed E-state index contributed by atoms with van der Waals surface area (Å²) in [7, 11) is 0. The minimum Gasteiger partial charge on any atom is -0.356 e. The standard InChI is InChI=1S/C37H26N4.C24H18N2.C13H9BrN2/c1-3-11-28(12-4-1)40(30-20-18-27(19-21-30)34-26-39-24-10-9-17-37(39)38-34)31-22-23-36-33(25-31)32-15-7-8-16-35(32)41(36)29-13-5-2-6-14-29;1-3-9-18(10-4-1)25-19-15-16-24-22(17-19)21-13-7-8-14-23(21)26(24)20-11-5-2-6-12-20;14-11-6-4-10(5-7-11)12-9-16-8-2-1-3-13(16)15-12/h1-26H;1-17,25H;1-9H. The summed E-state index contributed by atoms with van der Waals surface area (Å²) in [5.41, 5.74) is 18.8. The highest BCUT2D eigenvalue weighted by Crippen LogP contribution is 2.41. The second-order valence-corrected chi connectivity index (χ2v) is 21.1. The second-order valence-electron chi connectivity index (χ2n) is 20.2. The van der Waals surface area contributed by atoms with Crippen molar-refractivity contribution in [3.8, 4) is 33.9 Å². The molecule has 0 saturated heterocycles. The number of para-hydroxylation sites is 6. The largest absolute Gasteiger partial charge is 0.356 e. The molecule has 0 aliphatic rings. The molecule has 16 rings (SSSR count). The number of aromatic nitrogens is 6. The number of nitrogens with one attached hydrogen (secondary N) is 1. The van der Waals surface area contributed by atoms with Crippen LogP contribution in [-0.2, 0) is 0 Å². The molecule has 396 valence electrons. The zero-order valence-electron chi connectivity index (χ0n) is 45.0. The van der Waals surface area contributed by atoms with Gasteiger partial charge < -0.3 is 28.2 Å². The molecule has 6 aromatic heterocycles. The van der Waals surface area contributed by atoms with Gasteiger partial charge in [0.05, 0.1) is 33.5 Å². The lowest BCUT2D eigenvalue weighted by Gasteiger charge is -2.26. The summed E-state index contributed by atoms with van der Waals surface area (Å²) in [4.78, 5) is 11.7. The molecule has 0 aliphatic carbocycles. The molecule has 0 aliphatic heterocycles.